The Hall–Kier alpha value is -2.39. The number of carbonyl (C=O) groups is 2. The number of rotatable bonds is 5. The number of amides is 2. The van der Waals surface area contributed by atoms with Crippen molar-refractivity contribution in [2.45, 2.75) is 12.8 Å². The van der Waals surface area contributed by atoms with Gasteiger partial charge in [0.1, 0.15) is 5.69 Å². The molecule has 3 N–H and O–H groups in total. The zero-order valence-electron chi connectivity index (χ0n) is 11.3. The average Bonchev–Trinajstić information content (AvgIpc) is 2.48. The molecule has 0 saturated heterocycles. The summed E-state index contributed by atoms with van der Waals surface area (Å²) in [5, 5.41) is 13.7. The number of aromatic nitrogens is 1. The molecular formula is C14H17N3O3. The van der Waals surface area contributed by atoms with E-state index in [2.05, 4.69) is 27.5 Å². The first kappa shape index (κ1) is 15.7. The van der Waals surface area contributed by atoms with E-state index in [4.69, 9.17) is 5.11 Å². The normalized spacial score (nSPS) is 9.30. The summed E-state index contributed by atoms with van der Waals surface area (Å²) < 4.78 is 0. The van der Waals surface area contributed by atoms with Gasteiger partial charge in [-0.1, -0.05) is 11.8 Å². The first-order chi connectivity index (χ1) is 9.67. The molecule has 0 fully saturated rings. The van der Waals surface area contributed by atoms with Crippen LogP contribution in [0.25, 0.3) is 0 Å². The van der Waals surface area contributed by atoms with E-state index in [9.17, 15) is 9.59 Å². The van der Waals surface area contributed by atoms with Gasteiger partial charge in [0.15, 0.2) is 0 Å². The molecule has 1 aromatic heterocycles. The van der Waals surface area contributed by atoms with Crippen LogP contribution >= 0.6 is 0 Å². The van der Waals surface area contributed by atoms with Gasteiger partial charge in [-0.3, -0.25) is 9.59 Å². The van der Waals surface area contributed by atoms with Crippen molar-refractivity contribution >= 4 is 11.8 Å². The zero-order chi connectivity index (χ0) is 14.8. The van der Waals surface area contributed by atoms with Gasteiger partial charge in [0, 0.05) is 38.2 Å². The van der Waals surface area contributed by atoms with Crippen LogP contribution in [-0.2, 0) is 4.79 Å². The number of hydrogen-bond donors (Lipinski definition) is 3. The maximum atomic E-state index is 11.7. The second-order valence-corrected chi connectivity index (χ2v) is 3.89. The van der Waals surface area contributed by atoms with Gasteiger partial charge in [0.25, 0.3) is 5.91 Å². The molecule has 1 heterocycles. The maximum Gasteiger partial charge on any atom is 0.269 e. The van der Waals surface area contributed by atoms with Gasteiger partial charge in [0.05, 0.1) is 6.61 Å². The molecule has 0 spiro atoms. The third-order valence-electron chi connectivity index (χ3n) is 2.38. The lowest BCUT2D eigenvalue weighted by atomic mass is 10.2. The van der Waals surface area contributed by atoms with Crippen LogP contribution < -0.4 is 10.6 Å². The summed E-state index contributed by atoms with van der Waals surface area (Å²) in [5.74, 6) is 5.13. The molecule has 1 rings (SSSR count). The summed E-state index contributed by atoms with van der Waals surface area (Å²) in [6.07, 6.45) is 2.13. The van der Waals surface area contributed by atoms with Crippen LogP contribution in [0.3, 0.4) is 0 Å². The Morgan fingerprint density at radius 1 is 1.40 bits per heavy atom. The molecule has 0 aliphatic rings. The van der Waals surface area contributed by atoms with Crippen LogP contribution in [0.15, 0.2) is 18.3 Å². The minimum atomic E-state index is -0.330. The second-order valence-electron chi connectivity index (χ2n) is 3.89. The van der Waals surface area contributed by atoms with Gasteiger partial charge in [-0.25, -0.2) is 4.98 Å². The Kier molecular flexibility index (Phi) is 6.79. The molecule has 106 valence electrons. The van der Waals surface area contributed by atoms with Gasteiger partial charge in [0.2, 0.25) is 5.91 Å². The lowest BCUT2D eigenvalue weighted by Gasteiger charge is -2.04. The minimum absolute atomic E-state index is 0.0201. The molecule has 0 aliphatic carbocycles. The van der Waals surface area contributed by atoms with Crippen molar-refractivity contribution in [1.29, 1.82) is 0 Å². The highest BCUT2D eigenvalue weighted by Crippen LogP contribution is 1.99. The van der Waals surface area contributed by atoms with Gasteiger partial charge in [-0.05, 0) is 12.1 Å². The largest absolute Gasteiger partial charge is 0.395 e. The van der Waals surface area contributed by atoms with Crippen molar-refractivity contribution in [2.24, 2.45) is 0 Å². The number of nitrogens with zero attached hydrogens (tertiary/aromatic N) is 1. The van der Waals surface area contributed by atoms with E-state index in [0.717, 1.165) is 0 Å². The van der Waals surface area contributed by atoms with E-state index in [1.54, 1.807) is 19.2 Å². The van der Waals surface area contributed by atoms with Crippen LogP contribution in [0.5, 0.6) is 0 Å². The van der Waals surface area contributed by atoms with Crippen molar-refractivity contribution in [1.82, 2.24) is 15.6 Å². The van der Waals surface area contributed by atoms with Crippen molar-refractivity contribution in [2.75, 3.05) is 20.2 Å². The lowest BCUT2D eigenvalue weighted by Crippen LogP contribution is -2.29. The molecule has 0 radical (unpaired) electrons. The lowest BCUT2D eigenvalue weighted by molar-refractivity contribution is -0.120. The van der Waals surface area contributed by atoms with Crippen LogP contribution in [-0.4, -0.2) is 42.1 Å². The van der Waals surface area contributed by atoms with E-state index in [1.165, 1.54) is 6.20 Å². The fourth-order valence-corrected chi connectivity index (χ4v) is 1.33. The molecule has 0 atom stereocenters. The topological polar surface area (TPSA) is 91.3 Å². The molecule has 0 aromatic carbocycles. The minimum Gasteiger partial charge on any atom is -0.395 e. The van der Waals surface area contributed by atoms with E-state index in [1.807, 2.05) is 0 Å². The molecule has 0 saturated carbocycles. The van der Waals surface area contributed by atoms with Crippen LogP contribution in [0.4, 0.5) is 0 Å². The monoisotopic (exact) mass is 275 g/mol. The SMILES string of the molecule is CNC(=O)CCNC(=O)c1ccc(C#CCCO)cn1. The van der Waals surface area contributed by atoms with Crippen LogP contribution in [0.2, 0.25) is 0 Å². The number of nitrogens with one attached hydrogen (secondary N) is 2. The molecule has 20 heavy (non-hydrogen) atoms. The second kappa shape index (κ2) is 8.67. The third-order valence-corrected chi connectivity index (χ3v) is 2.38. The van der Waals surface area contributed by atoms with Gasteiger partial charge in [-0.15, -0.1) is 0 Å². The van der Waals surface area contributed by atoms with Crippen LogP contribution in [0.1, 0.15) is 28.9 Å². The summed E-state index contributed by atoms with van der Waals surface area (Å²) in [7, 11) is 1.54. The Bertz CT molecular complexity index is 515. The van der Waals surface area contributed by atoms with Crippen molar-refractivity contribution in [3.8, 4) is 11.8 Å². The quantitative estimate of drug-likeness (QED) is 0.642. The first-order valence-corrected chi connectivity index (χ1v) is 6.22. The Morgan fingerprint density at radius 2 is 2.20 bits per heavy atom. The summed E-state index contributed by atoms with van der Waals surface area (Å²) >= 11 is 0. The number of hydrogen-bond acceptors (Lipinski definition) is 4. The summed E-state index contributed by atoms with van der Waals surface area (Å²) in [6, 6.07) is 3.25. The molecule has 0 unspecified atom stereocenters. The highest BCUT2D eigenvalue weighted by Gasteiger charge is 2.06. The highest BCUT2D eigenvalue weighted by atomic mass is 16.2. The van der Waals surface area contributed by atoms with E-state index >= 15 is 0 Å². The standard InChI is InChI=1S/C14H17N3O3/c1-15-13(19)7-8-16-14(20)12-6-5-11(10-17-12)4-2-3-9-18/h5-6,10,18H,3,7-9H2,1H3,(H,15,19)(H,16,20). The molecule has 0 bridgehead atoms. The molecule has 6 nitrogen and oxygen atoms in total. The fourth-order valence-electron chi connectivity index (χ4n) is 1.33. The molecule has 2 amide bonds. The summed E-state index contributed by atoms with van der Waals surface area (Å²) in [6.45, 7) is 0.282. The highest BCUT2D eigenvalue weighted by molar-refractivity contribution is 5.92. The van der Waals surface area contributed by atoms with E-state index < -0.39 is 0 Å². The zero-order valence-corrected chi connectivity index (χ0v) is 11.3. The first-order valence-electron chi connectivity index (χ1n) is 6.22. The van der Waals surface area contributed by atoms with E-state index in [-0.39, 0.29) is 37.1 Å². The number of aliphatic hydroxyl groups is 1. The van der Waals surface area contributed by atoms with Crippen molar-refractivity contribution < 1.29 is 14.7 Å². The van der Waals surface area contributed by atoms with Crippen molar-refractivity contribution in [3.05, 3.63) is 29.6 Å². The Morgan fingerprint density at radius 3 is 2.80 bits per heavy atom. The third kappa shape index (κ3) is 5.50. The number of carbonyl (C=O) groups excluding carboxylic acids is 2. The Balaban J connectivity index is 2.49. The van der Waals surface area contributed by atoms with Crippen LogP contribution in [0, 0.1) is 11.8 Å². The van der Waals surface area contributed by atoms with Crippen molar-refractivity contribution in [3.63, 3.8) is 0 Å². The predicted molar refractivity (Wildman–Crippen MR) is 73.8 cm³/mol. The van der Waals surface area contributed by atoms with Gasteiger partial charge < -0.3 is 15.7 Å². The molecular weight excluding hydrogens is 258 g/mol. The molecule has 6 heteroatoms. The maximum absolute atomic E-state index is 11.7. The van der Waals surface area contributed by atoms with Gasteiger partial charge in [-0.2, -0.15) is 0 Å². The molecule has 1 aromatic rings. The smallest absolute Gasteiger partial charge is 0.269 e. The Labute approximate surface area is 117 Å². The number of pyridine rings is 1. The molecule has 0 aliphatic heterocycles. The van der Waals surface area contributed by atoms with E-state index in [0.29, 0.717) is 12.0 Å². The average molecular weight is 275 g/mol. The summed E-state index contributed by atoms with van der Waals surface area (Å²) in [5.41, 5.74) is 0.954. The number of aliphatic hydroxyl groups excluding tert-OH is 1. The summed E-state index contributed by atoms with van der Waals surface area (Å²) in [4.78, 5) is 26.7. The predicted octanol–water partition coefficient (Wildman–Crippen LogP) is -0.319. The van der Waals surface area contributed by atoms with Gasteiger partial charge >= 0.3 is 0 Å². The fraction of sp³-hybridized carbons (Fsp3) is 0.357.